The van der Waals surface area contributed by atoms with Gasteiger partial charge in [0, 0.05) is 6.08 Å². The Balaban J connectivity index is 0.000000621. The van der Waals surface area contributed by atoms with Crippen LogP contribution in [0.15, 0.2) is 12.7 Å². The maximum absolute atomic E-state index is 12.7. The molecule has 0 radical (unpaired) electrons. The van der Waals surface area contributed by atoms with Gasteiger partial charge in [-0.1, -0.05) is 6.58 Å². The first-order chi connectivity index (χ1) is 9.13. The van der Waals surface area contributed by atoms with E-state index >= 15 is 0 Å². The molecule has 110 valence electrons. The highest BCUT2D eigenvalue weighted by Gasteiger charge is 2.27. The van der Waals surface area contributed by atoms with E-state index in [-0.39, 0.29) is 0 Å². The highest BCUT2D eigenvalue weighted by Crippen LogP contribution is 2.28. The number of amides is 1. The Labute approximate surface area is 108 Å². The van der Waals surface area contributed by atoms with E-state index in [1.165, 1.54) is 0 Å². The molecule has 0 aromatic heterocycles. The normalized spacial score (nSPS) is 9.25. The van der Waals surface area contributed by atoms with Gasteiger partial charge in [0.15, 0.2) is 0 Å². The summed E-state index contributed by atoms with van der Waals surface area (Å²) in [5.41, 5.74) is 4.37. The van der Waals surface area contributed by atoms with E-state index in [1.54, 1.807) is 0 Å². The fourth-order valence-corrected chi connectivity index (χ4v) is 0.775. The Kier molecular flexibility index (Phi) is 6.13. The summed E-state index contributed by atoms with van der Waals surface area (Å²) in [6.45, 7) is 2.96. The van der Waals surface area contributed by atoms with Crippen LogP contribution in [-0.2, 0) is 4.79 Å². The third kappa shape index (κ3) is 4.23. The van der Waals surface area contributed by atoms with Crippen molar-refractivity contribution >= 4 is 12.1 Å². The van der Waals surface area contributed by atoms with Crippen molar-refractivity contribution in [1.82, 2.24) is 0 Å². The summed E-state index contributed by atoms with van der Waals surface area (Å²) < 4.78 is 66.4. The molecule has 1 aromatic rings. The molecule has 0 unspecified atom stereocenters. The van der Waals surface area contributed by atoms with E-state index in [9.17, 15) is 31.5 Å². The molecule has 5 nitrogen and oxygen atoms in total. The Bertz CT molecular complexity index is 532. The number of aliphatic carboxylic acids is 1. The largest absolute Gasteiger partial charge is 0.478 e. The van der Waals surface area contributed by atoms with Gasteiger partial charge in [-0.15, -0.1) is 0 Å². The zero-order valence-electron chi connectivity index (χ0n) is 9.42. The minimum absolute atomic E-state index is 0.833. The van der Waals surface area contributed by atoms with Gasteiger partial charge in [0.2, 0.25) is 34.8 Å². The predicted molar refractivity (Wildman–Crippen MR) is 54.3 cm³/mol. The molecule has 0 atom stereocenters. The van der Waals surface area contributed by atoms with E-state index in [2.05, 4.69) is 17.0 Å². The number of carbonyl (C=O) groups is 2. The van der Waals surface area contributed by atoms with E-state index in [0.29, 0.717) is 0 Å². The van der Waals surface area contributed by atoms with Crippen LogP contribution in [0.2, 0.25) is 0 Å². The Hall–Kier alpha value is -2.65. The Morgan fingerprint density at radius 1 is 1.00 bits per heavy atom. The number of ether oxygens (including phenoxy) is 1. The molecule has 0 heterocycles. The van der Waals surface area contributed by atoms with E-state index < -0.39 is 46.9 Å². The lowest BCUT2D eigenvalue weighted by molar-refractivity contribution is -0.131. The molecule has 0 spiro atoms. The van der Waals surface area contributed by atoms with Crippen LogP contribution in [0.4, 0.5) is 26.7 Å². The van der Waals surface area contributed by atoms with Crippen LogP contribution in [0.5, 0.6) is 5.75 Å². The second-order valence-corrected chi connectivity index (χ2v) is 2.86. The Morgan fingerprint density at radius 2 is 1.30 bits per heavy atom. The lowest BCUT2D eigenvalue weighted by Crippen LogP contribution is -2.19. The van der Waals surface area contributed by atoms with E-state index in [4.69, 9.17) is 5.11 Å². The first-order valence-electron chi connectivity index (χ1n) is 4.47. The highest BCUT2D eigenvalue weighted by molar-refractivity contribution is 5.78. The zero-order valence-corrected chi connectivity index (χ0v) is 9.42. The van der Waals surface area contributed by atoms with Gasteiger partial charge in [-0.25, -0.2) is 22.8 Å². The van der Waals surface area contributed by atoms with Crippen molar-refractivity contribution in [3.63, 3.8) is 0 Å². The fourth-order valence-electron chi connectivity index (χ4n) is 0.775. The molecule has 0 aliphatic carbocycles. The number of benzene rings is 1. The zero-order chi connectivity index (χ0) is 16.0. The van der Waals surface area contributed by atoms with Crippen molar-refractivity contribution in [2.75, 3.05) is 0 Å². The van der Waals surface area contributed by atoms with Gasteiger partial charge in [-0.3, -0.25) is 0 Å². The first kappa shape index (κ1) is 17.4. The van der Waals surface area contributed by atoms with Gasteiger partial charge in [-0.05, 0) is 0 Å². The number of rotatable bonds is 2. The summed E-state index contributed by atoms with van der Waals surface area (Å²) in [4.78, 5) is 19.4. The van der Waals surface area contributed by atoms with Crippen molar-refractivity contribution in [3.05, 3.63) is 41.7 Å². The second kappa shape index (κ2) is 7.07. The molecule has 0 fully saturated rings. The predicted octanol–water partition coefficient (Wildman–Crippen LogP) is 2.10. The van der Waals surface area contributed by atoms with E-state index in [0.717, 1.165) is 6.08 Å². The minimum Gasteiger partial charge on any atom is -0.478 e. The van der Waals surface area contributed by atoms with Crippen molar-refractivity contribution in [2.45, 2.75) is 0 Å². The van der Waals surface area contributed by atoms with E-state index in [1.807, 2.05) is 0 Å². The van der Waals surface area contributed by atoms with Crippen molar-refractivity contribution in [3.8, 4) is 5.75 Å². The van der Waals surface area contributed by atoms with Crippen LogP contribution in [0.1, 0.15) is 0 Å². The topological polar surface area (TPSA) is 89.6 Å². The van der Waals surface area contributed by atoms with Gasteiger partial charge in [0.05, 0.1) is 0 Å². The molecule has 1 rings (SSSR count). The van der Waals surface area contributed by atoms with Gasteiger partial charge in [0.25, 0.3) is 0 Å². The van der Waals surface area contributed by atoms with Crippen molar-refractivity contribution in [1.29, 1.82) is 0 Å². The number of nitrogens with two attached hydrogens (primary N) is 1. The number of hydrogen-bond acceptors (Lipinski definition) is 3. The van der Waals surface area contributed by atoms with Gasteiger partial charge in [-0.2, -0.15) is 8.78 Å². The van der Waals surface area contributed by atoms with Gasteiger partial charge >= 0.3 is 12.1 Å². The van der Waals surface area contributed by atoms with Gasteiger partial charge in [0.1, 0.15) is 0 Å². The second-order valence-electron chi connectivity index (χ2n) is 2.86. The van der Waals surface area contributed by atoms with Crippen LogP contribution in [0.25, 0.3) is 0 Å². The lowest BCUT2D eigenvalue weighted by atomic mass is 10.3. The number of primary amides is 1. The van der Waals surface area contributed by atoms with Crippen LogP contribution in [0, 0.1) is 29.1 Å². The molecular weight excluding hydrogens is 293 g/mol. The van der Waals surface area contributed by atoms with Gasteiger partial charge < -0.3 is 15.6 Å². The number of carboxylic acid groups (broad SMARTS) is 1. The molecule has 0 aliphatic rings. The summed E-state index contributed by atoms with van der Waals surface area (Å²) in [7, 11) is 0. The molecule has 10 heteroatoms. The van der Waals surface area contributed by atoms with Crippen molar-refractivity contribution < 1.29 is 41.4 Å². The third-order valence-electron chi connectivity index (χ3n) is 1.55. The summed E-state index contributed by atoms with van der Waals surface area (Å²) in [5, 5.41) is 7.60. The Morgan fingerprint density at radius 3 is 1.55 bits per heavy atom. The molecule has 20 heavy (non-hydrogen) atoms. The molecule has 1 amide bonds. The SMILES string of the molecule is C=CC(=O)O.NC(=O)Oc1c(F)c(F)c(F)c(F)c1F. The molecular formula is C10H6F5NO4. The monoisotopic (exact) mass is 299 g/mol. The third-order valence-corrected chi connectivity index (χ3v) is 1.55. The molecule has 0 aliphatic heterocycles. The lowest BCUT2D eigenvalue weighted by Gasteiger charge is -2.06. The smallest absolute Gasteiger partial charge is 0.410 e. The number of halogens is 5. The maximum Gasteiger partial charge on any atom is 0.410 e. The van der Waals surface area contributed by atoms with Crippen molar-refractivity contribution in [2.24, 2.45) is 5.73 Å². The van der Waals surface area contributed by atoms with Crippen LogP contribution >= 0.6 is 0 Å². The fraction of sp³-hybridized carbons (Fsp3) is 0. The minimum atomic E-state index is -2.35. The first-order valence-corrected chi connectivity index (χ1v) is 4.47. The summed E-state index contributed by atoms with van der Waals surface area (Å²) in [6, 6.07) is 0. The number of carboxylic acids is 1. The molecule has 0 saturated heterocycles. The molecule has 0 saturated carbocycles. The average molecular weight is 299 g/mol. The molecule has 3 N–H and O–H groups in total. The van der Waals surface area contributed by atoms with Crippen LogP contribution < -0.4 is 10.5 Å². The molecule has 1 aromatic carbocycles. The summed E-state index contributed by atoms with van der Waals surface area (Å²) in [6.07, 6.45) is -0.863. The van der Waals surface area contributed by atoms with Crippen LogP contribution in [0.3, 0.4) is 0 Å². The number of carbonyl (C=O) groups excluding carboxylic acids is 1. The summed E-state index contributed by atoms with van der Waals surface area (Å²) >= 11 is 0. The number of hydrogen-bond donors (Lipinski definition) is 2. The standard InChI is InChI=1S/C7H2F5NO2.C3H4O2/c8-1-2(9)4(11)6(15-7(13)14)5(12)3(1)10;1-2-3(4)5/h(H2,13,14);2H,1H2,(H,4,5). The average Bonchev–Trinajstić information content (AvgIpc) is 2.39. The van der Waals surface area contributed by atoms with Crippen LogP contribution in [-0.4, -0.2) is 17.2 Å². The summed E-state index contributed by atoms with van der Waals surface area (Å²) in [5.74, 6) is -14.0. The molecule has 0 bridgehead atoms. The quantitative estimate of drug-likeness (QED) is 0.379. The maximum atomic E-state index is 12.7. The highest BCUT2D eigenvalue weighted by atomic mass is 19.2.